The van der Waals surface area contributed by atoms with E-state index < -0.39 is 5.60 Å². The fraction of sp³-hybridized carbons (Fsp3) is 0.818. The van der Waals surface area contributed by atoms with Gasteiger partial charge in [-0.05, 0) is 20.3 Å². The summed E-state index contributed by atoms with van der Waals surface area (Å²) in [5.74, 6) is -0.697. The normalized spacial score (nSPS) is 32.3. The summed E-state index contributed by atoms with van der Waals surface area (Å²) in [6, 6.07) is 0. The lowest BCUT2D eigenvalue weighted by molar-refractivity contribution is -0.167. The van der Waals surface area contributed by atoms with Crippen molar-refractivity contribution in [1.29, 1.82) is 0 Å². The van der Waals surface area contributed by atoms with Gasteiger partial charge in [0, 0.05) is 0 Å². The highest BCUT2D eigenvalue weighted by atomic mass is 16.6. The Hall–Kier alpha value is -1.06. The number of carbonyl (C=O) groups excluding carboxylic acids is 2. The summed E-state index contributed by atoms with van der Waals surface area (Å²) in [7, 11) is 0. The minimum Gasteiger partial charge on any atom is -0.458 e. The zero-order chi connectivity index (χ0) is 11.6. The van der Waals surface area contributed by atoms with Crippen molar-refractivity contribution < 1.29 is 19.1 Å². The Balaban J connectivity index is 2.64. The van der Waals surface area contributed by atoms with Gasteiger partial charge in [0.2, 0.25) is 0 Å². The fourth-order valence-corrected chi connectivity index (χ4v) is 1.41. The van der Waals surface area contributed by atoms with Gasteiger partial charge >= 0.3 is 11.9 Å². The van der Waals surface area contributed by atoms with Gasteiger partial charge in [0.25, 0.3) is 0 Å². The van der Waals surface area contributed by atoms with Crippen molar-refractivity contribution in [2.45, 2.75) is 52.2 Å². The lowest BCUT2D eigenvalue weighted by Crippen LogP contribution is -2.39. The number of ether oxygens (including phenoxy) is 2. The van der Waals surface area contributed by atoms with E-state index in [0.29, 0.717) is 0 Å². The number of cyclic esters (lactones) is 1. The van der Waals surface area contributed by atoms with Crippen molar-refractivity contribution in [3.8, 4) is 0 Å². The molecule has 0 aromatic rings. The van der Waals surface area contributed by atoms with Gasteiger partial charge in [-0.15, -0.1) is 0 Å². The van der Waals surface area contributed by atoms with Crippen LogP contribution in [0, 0.1) is 5.92 Å². The molecule has 0 N–H and O–H groups in total. The van der Waals surface area contributed by atoms with Gasteiger partial charge < -0.3 is 9.47 Å². The number of hydrogen-bond acceptors (Lipinski definition) is 4. The lowest BCUT2D eigenvalue weighted by Gasteiger charge is -2.27. The summed E-state index contributed by atoms with van der Waals surface area (Å²) >= 11 is 0. The van der Waals surface area contributed by atoms with Crippen LogP contribution in [0.5, 0.6) is 0 Å². The maximum atomic E-state index is 11.6. The SMILES string of the molecule is CCC(C)C(=O)OC1(C)CC(=O)OC1C. The van der Waals surface area contributed by atoms with Crippen LogP contribution >= 0.6 is 0 Å². The van der Waals surface area contributed by atoms with Crippen LogP contribution in [-0.4, -0.2) is 23.6 Å². The van der Waals surface area contributed by atoms with Crippen LogP contribution in [0.4, 0.5) is 0 Å². The molecule has 1 heterocycles. The van der Waals surface area contributed by atoms with E-state index in [1.165, 1.54) is 0 Å². The summed E-state index contributed by atoms with van der Waals surface area (Å²) in [5, 5.41) is 0. The second kappa shape index (κ2) is 4.21. The molecule has 0 saturated carbocycles. The molecule has 0 spiro atoms. The molecule has 0 aliphatic carbocycles. The Morgan fingerprint density at radius 3 is 2.73 bits per heavy atom. The summed E-state index contributed by atoms with van der Waals surface area (Å²) < 4.78 is 10.3. The van der Waals surface area contributed by atoms with Gasteiger partial charge in [-0.3, -0.25) is 9.59 Å². The molecule has 86 valence electrons. The molecule has 1 fully saturated rings. The molecular formula is C11H18O4. The average molecular weight is 214 g/mol. The fourth-order valence-electron chi connectivity index (χ4n) is 1.41. The van der Waals surface area contributed by atoms with E-state index in [0.717, 1.165) is 6.42 Å². The molecule has 0 bridgehead atoms. The first-order valence-electron chi connectivity index (χ1n) is 5.31. The van der Waals surface area contributed by atoms with Gasteiger partial charge in [-0.25, -0.2) is 0 Å². The molecule has 3 atom stereocenters. The third-order valence-corrected chi connectivity index (χ3v) is 3.01. The first-order valence-corrected chi connectivity index (χ1v) is 5.31. The van der Waals surface area contributed by atoms with Crippen molar-refractivity contribution >= 4 is 11.9 Å². The molecule has 15 heavy (non-hydrogen) atoms. The summed E-state index contributed by atoms with van der Waals surface area (Å²) in [4.78, 5) is 22.7. The van der Waals surface area contributed by atoms with Gasteiger partial charge in [-0.2, -0.15) is 0 Å². The maximum absolute atomic E-state index is 11.6. The average Bonchev–Trinajstić information content (AvgIpc) is 2.38. The summed E-state index contributed by atoms with van der Waals surface area (Å²) in [5.41, 5.74) is -0.794. The first-order chi connectivity index (χ1) is 6.89. The Kier molecular flexibility index (Phi) is 3.37. The van der Waals surface area contributed by atoms with E-state index in [1.54, 1.807) is 13.8 Å². The van der Waals surface area contributed by atoms with Crippen molar-refractivity contribution in [2.24, 2.45) is 5.92 Å². The standard InChI is InChI=1S/C11H18O4/c1-5-7(2)10(13)15-11(4)6-9(12)14-8(11)3/h7-8H,5-6H2,1-4H3. The van der Waals surface area contributed by atoms with Gasteiger partial charge in [-0.1, -0.05) is 13.8 Å². The Labute approximate surface area is 89.9 Å². The van der Waals surface area contributed by atoms with E-state index in [-0.39, 0.29) is 30.4 Å². The highest BCUT2D eigenvalue weighted by molar-refractivity contribution is 5.76. The molecule has 4 heteroatoms. The molecule has 3 unspecified atom stereocenters. The van der Waals surface area contributed by atoms with Crippen LogP contribution in [0.3, 0.4) is 0 Å². The molecule has 1 aliphatic rings. The zero-order valence-corrected chi connectivity index (χ0v) is 9.70. The molecule has 1 rings (SSSR count). The molecule has 4 nitrogen and oxygen atoms in total. The van der Waals surface area contributed by atoms with E-state index in [9.17, 15) is 9.59 Å². The van der Waals surface area contributed by atoms with Gasteiger partial charge in [0.15, 0.2) is 5.60 Å². The molecule has 0 radical (unpaired) electrons. The van der Waals surface area contributed by atoms with Gasteiger partial charge in [0.05, 0.1) is 12.3 Å². The number of rotatable bonds is 3. The van der Waals surface area contributed by atoms with Crippen LogP contribution in [0.15, 0.2) is 0 Å². The number of hydrogen-bond donors (Lipinski definition) is 0. The zero-order valence-electron chi connectivity index (χ0n) is 9.70. The van der Waals surface area contributed by atoms with Crippen LogP contribution in [0.1, 0.15) is 40.5 Å². The Morgan fingerprint density at radius 1 is 1.73 bits per heavy atom. The minimum atomic E-state index is -0.794. The molecule has 0 aromatic carbocycles. The quantitative estimate of drug-likeness (QED) is 0.670. The van der Waals surface area contributed by atoms with Crippen LogP contribution in [0.25, 0.3) is 0 Å². The monoisotopic (exact) mass is 214 g/mol. The van der Waals surface area contributed by atoms with Crippen LogP contribution < -0.4 is 0 Å². The van der Waals surface area contributed by atoms with Crippen molar-refractivity contribution in [2.75, 3.05) is 0 Å². The van der Waals surface area contributed by atoms with E-state index in [4.69, 9.17) is 9.47 Å². The van der Waals surface area contributed by atoms with Crippen molar-refractivity contribution in [3.63, 3.8) is 0 Å². The molecule has 1 aliphatic heterocycles. The van der Waals surface area contributed by atoms with E-state index >= 15 is 0 Å². The number of carbonyl (C=O) groups is 2. The maximum Gasteiger partial charge on any atom is 0.310 e. The highest BCUT2D eigenvalue weighted by Gasteiger charge is 2.46. The van der Waals surface area contributed by atoms with Crippen molar-refractivity contribution in [3.05, 3.63) is 0 Å². The van der Waals surface area contributed by atoms with Crippen molar-refractivity contribution in [1.82, 2.24) is 0 Å². The number of esters is 2. The Morgan fingerprint density at radius 2 is 2.33 bits per heavy atom. The molecule has 1 saturated heterocycles. The van der Waals surface area contributed by atoms with E-state index in [1.807, 2.05) is 13.8 Å². The predicted molar refractivity (Wildman–Crippen MR) is 54.1 cm³/mol. The van der Waals surface area contributed by atoms with Gasteiger partial charge in [0.1, 0.15) is 6.10 Å². The smallest absolute Gasteiger partial charge is 0.310 e. The third-order valence-electron chi connectivity index (χ3n) is 3.01. The molecule has 0 amide bonds. The van der Waals surface area contributed by atoms with E-state index in [2.05, 4.69) is 0 Å². The second-order valence-corrected chi connectivity index (χ2v) is 4.35. The summed E-state index contributed by atoms with van der Waals surface area (Å²) in [6.07, 6.45) is 0.520. The third kappa shape index (κ3) is 2.49. The largest absolute Gasteiger partial charge is 0.458 e. The van der Waals surface area contributed by atoms with Crippen LogP contribution in [-0.2, 0) is 19.1 Å². The minimum absolute atomic E-state index is 0.135. The Bertz CT molecular complexity index is 274. The second-order valence-electron chi connectivity index (χ2n) is 4.35. The topological polar surface area (TPSA) is 52.6 Å². The lowest BCUT2D eigenvalue weighted by atomic mass is 9.98. The highest BCUT2D eigenvalue weighted by Crippen LogP contribution is 2.31. The summed E-state index contributed by atoms with van der Waals surface area (Å²) in [6.45, 7) is 7.22. The first kappa shape index (κ1) is 12.0. The van der Waals surface area contributed by atoms with Crippen LogP contribution in [0.2, 0.25) is 0 Å². The molecule has 0 aromatic heterocycles. The predicted octanol–water partition coefficient (Wildman–Crippen LogP) is 1.67. The molecular weight excluding hydrogens is 196 g/mol.